The number of piperidine rings is 1. The summed E-state index contributed by atoms with van der Waals surface area (Å²) in [4.78, 5) is 45.4. The maximum Gasteiger partial charge on any atom is 0.410 e. The Morgan fingerprint density at radius 3 is 2.54 bits per heavy atom. The van der Waals surface area contributed by atoms with E-state index >= 15 is 0 Å². The van der Waals surface area contributed by atoms with E-state index in [1.165, 1.54) is 0 Å². The van der Waals surface area contributed by atoms with Gasteiger partial charge in [-0.25, -0.2) is 4.79 Å². The molecule has 1 aromatic carbocycles. The summed E-state index contributed by atoms with van der Waals surface area (Å²) in [6.45, 7) is 1.97. The lowest BCUT2D eigenvalue weighted by molar-refractivity contribution is -0.131. The third kappa shape index (κ3) is 6.86. The van der Waals surface area contributed by atoms with E-state index in [1.54, 1.807) is 34.2 Å². The second-order valence-electron chi connectivity index (χ2n) is 8.86. The van der Waals surface area contributed by atoms with Gasteiger partial charge in [0.05, 0.1) is 5.92 Å². The maximum absolute atomic E-state index is 12.6. The number of benzene rings is 1. The molecule has 4 rings (SSSR count). The van der Waals surface area contributed by atoms with Crippen molar-refractivity contribution in [3.63, 3.8) is 0 Å². The molecule has 2 fully saturated rings. The number of carbonyl (C=O) groups is 3. The van der Waals surface area contributed by atoms with Crippen LogP contribution in [-0.2, 0) is 27.4 Å². The number of likely N-dealkylation sites (tertiary alicyclic amines) is 2. The average molecular weight is 519 g/mol. The first-order chi connectivity index (χ1) is 16.9. The summed E-state index contributed by atoms with van der Waals surface area (Å²) >= 11 is 12.0. The molecule has 0 saturated carbocycles. The quantitative estimate of drug-likeness (QED) is 0.603. The summed E-state index contributed by atoms with van der Waals surface area (Å²) in [5.41, 5.74) is 1.64. The molecule has 2 aliphatic rings. The first kappa shape index (κ1) is 25.3. The van der Waals surface area contributed by atoms with E-state index in [4.69, 9.17) is 27.9 Å². The highest BCUT2D eigenvalue weighted by atomic mass is 35.5. The zero-order valence-electron chi connectivity index (χ0n) is 19.3. The predicted octanol–water partition coefficient (Wildman–Crippen LogP) is 3.70. The molecule has 8 nitrogen and oxygen atoms in total. The van der Waals surface area contributed by atoms with Gasteiger partial charge in [-0.1, -0.05) is 29.3 Å². The van der Waals surface area contributed by atoms with Gasteiger partial charge in [0.25, 0.3) is 0 Å². The van der Waals surface area contributed by atoms with Crippen molar-refractivity contribution >= 4 is 41.1 Å². The first-order valence-corrected chi connectivity index (χ1v) is 12.5. The molecule has 2 saturated heterocycles. The van der Waals surface area contributed by atoms with Crippen molar-refractivity contribution < 1.29 is 19.1 Å². The van der Waals surface area contributed by atoms with E-state index in [2.05, 4.69) is 10.3 Å². The Kier molecular flexibility index (Phi) is 8.46. The van der Waals surface area contributed by atoms with Gasteiger partial charge in [0.15, 0.2) is 0 Å². The Bertz CT molecular complexity index is 1040. The molecule has 3 amide bonds. The number of carbonyl (C=O) groups excluding carboxylic acids is 3. The molecule has 1 unspecified atom stereocenters. The second-order valence-corrected chi connectivity index (χ2v) is 9.73. The largest absolute Gasteiger partial charge is 0.445 e. The third-order valence-corrected chi connectivity index (χ3v) is 6.82. The molecule has 0 bridgehead atoms. The molecule has 0 aliphatic carbocycles. The molecule has 186 valence electrons. The molecular weight excluding hydrogens is 491 g/mol. The predicted molar refractivity (Wildman–Crippen MR) is 132 cm³/mol. The highest BCUT2D eigenvalue weighted by Crippen LogP contribution is 2.26. The average Bonchev–Trinajstić information content (AvgIpc) is 3.24. The number of nitrogens with one attached hydrogen (secondary N) is 1. The number of rotatable bonds is 7. The van der Waals surface area contributed by atoms with Crippen LogP contribution in [0, 0.1) is 5.92 Å². The van der Waals surface area contributed by atoms with Crippen LogP contribution in [0.4, 0.5) is 4.79 Å². The number of aromatic nitrogens is 1. The Morgan fingerprint density at radius 1 is 1.11 bits per heavy atom. The molecule has 2 aliphatic heterocycles. The first-order valence-electron chi connectivity index (χ1n) is 11.7. The fourth-order valence-electron chi connectivity index (χ4n) is 4.56. The Morgan fingerprint density at radius 2 is 1.86 bits per heavy atom. The minimum absolute atomic E-state index is 0.00580. The van der Waals surface area contributed by atoms with Crippen molar-refractivity contribution in [2.75, 3.05) is 26.2 Å². The molecule has 3 heterocycles. The summed E-state index contributed by atoms with van der Waals surface area (Å²) in [5.74, 6) is -0.452. The monoisotopic (exact) mass is 518 g/mol. The standard InChI is InChI=1S/C25H28Cl2N4O4/c26-19-11-17(12-20(27)14-19)16-35-25(34)30-9-5-22(6-10-30)31-15-18(13-23(31)32)24(33)29-8-4-21-3-1-2-7-28-21/h1-3,7,11-12,14,18,22H,4-6,8-10,13,15-16H2,(H,29,33). The van der Waals surface area contributed by atoms with Gasteiger partial charge in [-0.15, -0.1) is 0 Å². The van der Waals surface area contributed by atoms with Gasteiger partial charge in [-0.05, 0) is 48.7 Å². The van der Waals surface area contributed by atoms with E-state index in [0.717, 1.165) is 11.3 Å². The van der Waals surface area contributed by atoms with Crippen LogP contribution in [0.1, 0.15) is 30.5 Å². The van der Waals surface area contributed by atoms with E-state index in [9.17, 15) is 14.4 Å². The van der Waals surface area contributed by atoms with Crippen molar-refractivity contribution in [2.45, 2.75) is 38.3 Å². The van der Waals surface area contributed by atoms with Crippen molar-refractivity contribution in [3.05, 3.63) is 63.9 Å². The van der Waals surface area contributed by atoms with Crippen LogP contribution in [-0.4, -0.2) is 64.9 Å². The molecule has 1 aromatic heterocycles. The van der Waals surface area contributed by atoms with Crippen LogP contribution in [0.25, 0.3) is 0 Å². The SMILES string of the molecule is O=C(NCCc1ccccn1)C1CC(=O)N(C2CCN(C(=O)OCc3cc(Cl)cc(Cl)c3)CC2)C1. The van der Waals surface area contributed by atoms with Crippen LogP contribution in [0.2, 0.25) is 10.0 Å². The fourth-order valence-corrected chi connectivity index (χ4v) is 5.13. The fraction of sp³-hybridized carbons (Fsp3) is 0.440. The van der Waals surface area contributed by atoms with Crippen molar-refractivity contribution in [3.8, 4) is 0 Å². The van der Waals surface area contributed by atoms with Gasteiger partial charge in [0.1, 0.15) is 6.61 Å². The molecule has 1 N–H and O–H groups in total. The smallest absolute Gasteiger partial charge is 0.410 e. The Hall–Kier alpha value is -2.84. The lowest BCUT2D eigenvalue weighted by atomic mass is 10.0. The molecule has 35 heavy (non-hydrogen) atoms. The Labute approximate surface area is 214 Å². The highest BCUT2D eigenvalue weighted by molar-refractivity contribution is 6.34. The van der Waals surface area contributed by atoms with Crippen molar-refractivity contribution in [2.24, 2.45) is 5.92 Å². The molecule has 0 radical (unpaired) electrons. The van der Waals surface area contributed by atoms with Gasteiger partial charge in [0, 0.05) is 67.0 Å². The number of amides is 3. The second kappa shape index (κ2) is 11.7. The van der Waals surface area contributed by atoms with Crippen LogP contribution >= 0.6 is 23.2 Å². The van der Waals surface area contributed by atoms with E-state index in [0.29, 0.717) is 55.5 Å². The molecule has 0 spiro atoms. The zero-order chi connectivity index (χ0) is 24.8. The lowest BCUT2D eigenvalue weighted by Crippen LogP contribution is -2.47. The zero-order valence-corrected chi connectivity index (χ0v) is 20.8. The van der Waals surface area contributed by atoms with Crippen LogP contribution in [0.15, 0.2) is 42.6 Å². The number of ether oxygens (including phenoxy) is 1. The molecular formula is C25H28Cl2N4O4. The van der Waals surface area contributed by atoms with Gasteiger partial charge in [-0.2, -0.15) is 0 Å². The minimum Gasteiger partial charge on any atom is -0.445 e. The van der Waals surface area contributed by atoms with Crippen molar-refractivity contribution in [1.29, 1.82) is 0 Å². The van der Waals surface area contributed by atoms with Gasteiger partial charge >= 0.3 is 6.09 Å². The summed E-state index contributed by atoms with van der Waals surface area (Å²) in [5, 5.41) is 3.90. The number of pyridine rings is 1. The maximum atomic E-state index is 12.6. The van der Waals surface area contributed by atoms with Crippen LogP contribution in [0.5, 0.6) is 0 Å². The summed E-state index contributed by atoms with van der Waals surface area (Å²) in [6, 6.07) is 10.7. The molecule has 2 aromatic rings. The lowest BCUT2D eigenvalue weighted by Gasteiger charge is -2.36. The number of hydrogen-bond donors (Lipinski definition) is 1. The third-order valence-electron chi connectivity index (χ3n) is 6.38. The van der Waals surface area contributed by atoms with Crippen LogP contribution < -0.4 is 5.32 Å². The normalized spacial score (nSPS) is 18.6. The van der Waals surface area contributed by atoms with E-state index in [-0.39, 0.29) is 36.8 Å². The molecule has 10 heteroatoms. The highest BCUT2D eigenvalue weighted by Gasteiger charge is 2.39. The van der Waals surface area contributed by atoms with Gasteiger partial charge in [0.2, 0.25) is 11.8 Å². The number of nitrogens with zero attached hydrogens (tertiary/aromatic N) is 3. The van der Waals surface area contributed by atoms with Gasteiger partial charge in [-0.3, -0.25) is 14.6 Å². The Balaban J connectivity index is 1.19. The number of halogens is 2. The van der Waals surface area contributed by atoms with E-state index in [1.807, 2.05) is 18.2 Å². The van der Waals surface area contributed by atoms with Gasteiger partial charge < -0.3 is 19.9 Å². The van der Waals surface area contributed by atoms with Crippen molar-refractivity contribution in [1.82, 2.24) is 20.1 Å². The summed E-state index contributed by atoms with van der Waals surface area (Å²) < 4.78 is 5.41. The summed E-state index contributed by atoms with van der Waals surface area (Å²) in [6.07, 6.45) is 3.49. The topological polar surface area (TPSA) is 91.8 Å². The number of hydrogen-bond acceptors (Lipinski definition) is 5. The van der Waals surface area contributed by atoms with E-state index < -0.39 is 6.09 Å². The van der Waals surface area contributed by atoms with Crippen LogP contribution in [0.3, 0.4) is 0 Å². The molecule has 1 atom stereocenters. The minimum atomic E-state index is -0.405. The summed E-state index contributed by atoms with van der Waals surface area (Å²) in [7, 11) is 0.